The van der Waals surface area contributed by atoms with Gasteiger partial charge in [0.1, 0.15) is 5.69 Å². The lowest BCUT2D eigenvalue weighted by molar-refractivity contribution is 0.0996. The summed E-state index contributed by atoms with van der Waals surface area (Å²) >= 11 is 1.28. The molecule has 1 aliphatic rings. The van der Waals surface area contributed by atoms with E-state index in [1.165, 1.54) is 11.3 Å². The van der Waals surface area contributed by atoms with E-state index in [-0.39, 0.29) is 17.7 Å². The number of anilines is 2. The van der Waals surface area contributed by atoms with Crippen LogP contribution in [-0.4, -0.2) is 69.2 Å². The van der Waals surface area contributed by atoms with Gasteiger partial charge in [0.2, 0.25) is 5.95 Å². The molecule has 0 saturated carbocycles. The fourth-order valence-electron chi connectivity index (χ4n) is 3.19. The fraction of sp³-hybridized carbons (Fsp3) is 0.412. The van der Waals surface area contributed by atoms with Gasteiger partial charge in [-0.15, -0.1) is 11.3 Å². The molecule has 3 aromatic heterocycles. The molecule has 158 valence electrons. The Kier molecular flexibility index (Phi) is 5.46. The monoisotopic (exact) mass is 430 g/mol. The van der Waals surface area contributed by atoms with Crippen LogP contribution in [0.3, 0.4) is 0 Å². The summed E-state index contributed by atoms with van der Waals surface area (Å²) in [5, 5.41) is 10.8. The minimum Gasteiger partial charge on any atom is -0.364 e. The average Bonchev–Trinajstić information content (AvgIpc) is 3.34. The topological polar surface area (TPSA) is 156 Å². The molecule has 5 N–H and O–H groups in total. The van der Waals surface area contributed by atoms with E-state index in [1.54, 1.807) is 17.0 Å². The number of primary amides is 1. The molecular weight excluding hydrogens is 408 g/mol. The number of thiazole rings is 1. The zero-order valence-corrected chi connectivity index (χ0v) is 17.4. The van der Waals surface area contributed by atoms with Crippen molar-refractivity contribution in [1.82, 2.24) is 35.1 Å². The Labute approximate surface area is 175 Å². The minimum atomic E-state index is -0.592. The number of nitrogens with zero attached hydrogens (tertiary/aromatic N) is 6. The summed E-state index contributed by atoms with van der Waals surface area (Å²) in [5.74, 6) is 0.782. The number of aryl methyl sites for hydroxylation is 1. The molecule has 0 aromatic carbocycles. The van der Waals surface area contributed by atoms with Crippen molar-refractivity contribution in [3.63, 3.8) is 0 Å². The van der Waals surface area contributed by atoms with Gasteiger partial charge in [0.25, 0.3) is 5.91 Å². The third kappa shape index (κ3) is 3.76. The SMILES string of the molecule is CCNC(=O)Nc1nc(N2CCNCC2)c2nc(-c3nc(C(N)=O)cs3)n(C)c2n1. The van der Waals surface area contributed by atoms with Gasteiger partial charge < -0.3 is 25.8 Å². The van der Waals surface area contributed by atoms with Gasteiger partial charge in [-0.2, -0.15) is 9.97 Å². The van der Waals surface area contributed by atoms with Crippen LogP contribution in [0.25, 0.3) is 22.0 Å². The summed E-state index contributed by atoms with van der Waals surface area (Å²) in [6.07, 6.45) is 0. The predicted octanol–water partition coefficient (Wildman–Crippen LogP) is 0.137. The van der Waals surface area contributed by atoms with E-state index in [9.17, 15) is 9.59 Å². The maximum Gasteiger partial charge on any atom is 0.321 e. The summed E-state index contributed by atoms with van der Waals surface area (Å²) in [4.78, 5) is 43.6. The van der Waals surface area contributed by atoms with E-state index in [0.717, 1.165) is 26.2 Å². The third-order valence-corrected chi connectivity index (χ3v) is 5.47. The number of carbonyl (C=O) groups excluding carboxylic acids is 2. The highest BCUT2D eigenvalue weighted by Crippen LogP contribution is 2.31. The number of imidazole rings is 1. The van der Waals surface area contributed by atoms with Gasteiger partial charge in [0.05, 0.1) is 0 Å². The van der Waals surface area contributed by atoms with Gasteiger partial charge in [-0.25, -0.2) is 14.8 Å². The summed E-state index contributed by atoms with van der Waals surface area (Å²) in [5.41, 5.74) is 6.67. The maximum atomic E-state index is 12.0. The molecular formula is C17H22N10O2S. The lowest BCUT2D eigenvalue weighted by Crippen LogP contribution is -2.44. The van der Waals surface area contributed by atoms with Crippen molar-refractivity contribution in [1.29, 1.82) is 0 Å². The van der Waals surface area contributed by atoms with Crippen LogP contribution in [0, 0.1) is 0 Å². The summed E-state index contributed by atoms with van der Waals surface area (Å²) in [7, 11) is 1.81. The van der Waals surface area contributed by atoms with Crippen LogP contribution in [0.5, 0.6) is 0 Å². The van der Waals surface area contributed by atoms with Crippen molar-refractivity contribution in [2.24, 2.45) is 12.8 Å². The fourth-order valence-corrected chi connectivity index (χ4v) is 4.02. The first kappa shape index (κ1) is 20.0. The van der Waals surface area contributed by atoms with Gasteiger partial charge >= 0.3 is 6.03 Å². The molecule has 0 spiro atoms. The summed E-state index contributed by atoms with van der Waals surface area (Å²) in [6.45, 7) is 5.46. The van der Waals surface area contributed by atoms with Crippen LogP contribution in [0.1, 0.15) is 17.4 Å². The number of carbonyl (C=O) groups is 2. The lowest BCUT2D eigenvalue weighted by Gasteiger charge is -2.28. The molecule has 0 atom stereocenters. The number of nitrogens with two attached hydrogens (primary N) is 1. The molecule has 30 heavy (non-hydrogen) atoms. The van der Waals surface area contributed by atoms with Gasteiger partial charge in [-0.3, -0.25) is 10.1 Å². The van der Waals surface area contributed by atoms with Crippen LogP contribution in [0.2, 0.25) is 0 Å². The Bertz CT molecular complexity index is 1100. The highest BCUT2D eigenvalue weighted by Gasteiger charge is 2.24. The van der Waals surface area contributed by atoms with E-state index >= 15 is 0 Å². The van der Waals surface area contributed by atoms with Gasteiger partial charge in [0.15, 0.2) is 27.8 Å². The number of nitrogens with one attached hydrogen (secondary N) is 3. The lowest BCUT2D eigenvalue weighted by atomic mass is 10.3. The highest BCUT2D eigenvalue weighted by molar-refractivity contribution is 7.13. The van der Waals surface area contributed by atoms with E-state index in [1.807, 2.05) is 6.92 Å². The van der Waals surface area contributed by atoms with Crippen LogP contribution in [0.15, 0.2) is 5.38 Å². The molecule has 1 fully saturated rings. The van der Waals surface area contributed by atoms with Crippen LogP contribution in [-0.2, 0) is 7.05 Å². The molecule has 3 aromatic rings. The number of fused-ring (bicyclic) bond motifs is 1. The summed E-state index contributed by atoms with van der Waals surface area (Å²) in [6, 6.07) is -0.378. The Balaban J connectivity index is 1.83. The predicted molar refractivity (Wildman–Crippen MR) is 114 cm³/mol. The van der Waals surface area contributed by atoms with Crippen LogP contribution >= 0.6 is 11.3 Å². The molecule has 12 nitrogen and oxygen atoms in total. The molecule has 4 rings (SSSR count). The third-order valence-electron chi connectivity index (χ3n) is 4.63. The molecule has 0 unspecified atom stereocenters. The maximum absolute atomic E-state index is 12.0. The Morgan fingerprint density at radius 1 is 1.23 bits per heavy atom. The average molecular weight is 430 g/mol. The number of piperazine rings is 1. The standard InChI is InChI=1S/C17H22N10O2S/c1-3-20-17(29)25-16-23-12-10(13(24-16)27-6-4-19-5-7-27)22-14(26(12)2)15-21-9(8-30-15)11(18)28/h8,19H,3-7H2,1-2H3,(H2,18,28)(H2,20,23,24,25,29). The number of hydrogen-bond donors (Lipinski definition) is 4. The molecule has 1 saturated heterocycles. The molecule has 0 aliphatic carbocycles. The van der Waals surface area contributed by atoms with Crippen LogP contribution in [0.4, 0.5) is 16.6 Å². The van der Waals surface area contributed by atoms with Crippen molar-refractivity contribution >= 4 is 46.2 Å². The Morgan fingerprint density at radius 2 is 2.00 bits per heavy atom. The molecule has 0 radical (unpaired) electrons. The van der Waals surface area contributed by atoms with Crippen molar-refractivity contribution in [2.75, 3.05) is 42.9 Å². The van der Waals surface area contributed by atoms with E-state index in [2.05, 4.69) is 35.8 Å². The van der Waals surface area contributed by atoms with E-state index < -0.39 is 5.91 Å². The molecule has 0 bridgehead atoms. The van der Waals surface area contributed by atoms with E-state index in [0.29, 0.717) is 34.4 Å². The number of aromatic nitrogens is 5. The van der Waals surface area contributed by atoms with Crippen LogP contribution < -0.4 is 26.6 Å². The second-order valence-corrected chi connectivity index (χ2v) is 7.52. The zero-order chi connectivity index (χ0) is 21.3. The first-order valence-electron chi connectivity index (χ1n) is 9.48. The van der Waals surface area contributed by atoms with E-state index in [4.69, 9.17) is 10.7 Å². The Hall–Kier alpha value is -3.32. The van der Waals surface area contributed by atoms with Gasteiger partial charge in [-0.1, -0.05) is 0 Å². The van der Waals surface area contributed by atoms with Crippen molar-refractivity contribution in [3.8, 4) is 10.8 Å². The molecule has 4 heterocycles. The quantitative estimate of drug-likeness (QED) is 0.445. The number of amides is 3. The normalized spacial score (nSPS) is 14.1. The highest BCUT2D eigenvalue weighted by atomic mass is 32.1. The van der Waals surface area contributed by atoms with Crippen molar-refractivity contribution in [2.45, 2.75) is 6.92 Å². The minimum absolute atomic E-state index is 0.188. The van der Waals surface area contributed by atoms with Gasteiger partial charge in [0, 0.05) is 45.2 Å². The first-order chi connectivity index (χ1) is 14.5. The molecule has 13 heteroatoms. The van der Waals surface area contributed by atoms with Crippen molar-refractivity contribution in [3.05, 3.63) is 11.1 Å². The van der Waals surface area contributed by atoms with Crippen molar-refractivity contribution < 1.29 is 9.59 Å². The van der Waals surface area contributed by atoms with Gasteiger partial charge in [-0.05, 0) is 6.92 Å². The smallest absolute Gasteiger partial charge is 0.321 e. The largest absolute Gasteiger partial charge is 0.364 e. The zero-order valence-electron chi connectivity index (χ0n) is 16.6. The molecule has 3 amide bonds. The number of hydrogen-bond acceptors (Lipinski definition) is 9. The second kappa shape index (κ2) is 8.20. The summed E-state index contributed by atoms with van der Waals surface area (Å²) < 4.78 is 1.77. The Morgan fingerprint density at radius 3 is 2.67 bits per heavy atom. The number of rotatable bonds is 5. The second-order valence-electron chi connectivity index (χ2n) is 6.66. The first-order valence-corrected chi connectivity index (χ1v) is 10.4. The molecule has 1 aliphatic heterocycles. The number of urea groups is 1.